The molecule has 0 saturated carbocycles. The van der Waals surface area contributed by atoms with Crippen LogP contribution < -0.4 is 9.62 Å². The van der Waals surface area contributed by atoms with Gasteiger partial charge in [-0.3, -0.25) is 13.9 Å². The zero-order valence-electron chi connectivity index (χ0n) is 22.1. The zero-order chi connectivity index (χ0) is 27.9. The van der Waals surface area contributed by atoms with Crippen molar-refractivity contribution in [2.75, 3.05) is 23.7 Å². The average molecular weight is 556 g/mol. The van der Waals surface area contributed by atoms with Crippen LogP contribution in [-0.2, 0) is 32.6 Å². The van der Waals surface area contributed by atoms with Crippen LogP contribution in [0.1, 0.15) is 29.2 Å². The van der Waals surface area contributed by atoms with Crippen LogP contribution >= 0.6 is 11.6 Å². The van der Waals surface area contributed by atoms with E-state index in [2.05, 4.69) is 5.32 Å². The second-order valence-corrected chi connectivity index (χ2v) is 11.6. The molecule has 202 valence electrons. The summed E-state index contributed by atoms with van der Waals surface area (Å²) in [5, 5.41) is 3.24. The number of likely N-dealkylation sites (N-methyl/N-ethyl adjacent to an activating group) is 1. The van der Waals surface area contributed by atoms with Crippen molar-refractivity contribution in [3.05, 3.63) is 100 Å². The SMILES string of the molecule is CCNC(=O)[C@H](Cc1ccccc1)N(Cc1ccccc1C)C(=O)CN(c1ccc(C)c(Cl)c1)S(C)(=O)=O. The quantitative estimate of drug-likeness (QED) is 0.377. The first-order chi connectivity index (χ1) is 18.0. The van der Waals surface area contributed by atoms with Crippen LogP contribution in [0, 0.1) is 13.8 Å². The number of benzene rings is 3. The summed E-state index contributed by atoms with van der Waals surface area (Å²) in [4.78, 5) is 28.8. The molecule has 3 rings (SSSR count). The molecule has 38 heavy (non-hydrogen) atoms. The van der Waals surface area contributed by atoms with Gasteiger partial charge in [0.2, 0.25) is 21.8 Å². The van der Waals surface area contributed by atoms with Crippen molar-refractivity contribution in [2.45, 2.75) is 39.8 Å². The number of nitrogens with one attached hydrogen (secondary N) is 1. The molecule has 3 aromatic carbocycles. The van der Waals surface area contributed by atoms with Crippen molar-refractivity contribution in [3.63, 3.8) is 0 Å². The summed E-state index contributed by atoms with van der Waals surface area (Å²) >= 11 is 6.28. The number of rotatable bonds is 11. The monoisotopic (exact) mass is 555 g/mol. The van der Waals surface area contributed by atoms with E-state index >= 15 is 0 Å². The van der Waals surface area contributed by atoms with Crippen LogP contribution in [0.3, 0.4) is 0 Å². The Bertz CT molecular complexity index is 1380. The predicted octanol–water partition coefficient (Wildman–Crippen LogP) is 4.50. The summed E-state index contributed by atoms with van der Waals surface area (Å²) in [5.74, 6) is -0.801. The molecule has 0 heterocycles. The van der Waals surface area contributed by atoms with Gasteiger partial charge in [0.25, 0.3) is 0 Å². The van der Waals surface area contributed by atoms with Crippen molar-refractivity contribution in [2.24, 2.45) is 0 Å². The summed E-state index contributed by atoms with van der Waals surface area (Å²) in [6, 6.07) is 21.1. The second kappa shape index (κ2) is 12.9. The Morgan fingerprint density at radius 1 is 0.947 bits per heavy atom. The highest BCUT2D eigenvalue weighted by Gasteiger charge is 2.33. The number of amides is 2. The Morgan fingerprint density at radius 3 is 2.21 bits per heavy atom. The van der Waals surface area contributed by atoms with Gasteiger partial charge in [0.1, 0.15) is 12.6 Å². The minimum Gasteiger partial charge on any atom is -0.355 e. The molecule has 0 radical (unpaired) electrons. The third-order valence-electron chi connectivity index (χ3n) is 6.35. The Kier molecular flexibility index (Phi) is 9.94. The number of sulfonamides is 1. The van der Waals surface area contributed by atoms with E-state index in [1.54, 1.807) is 12.1 Å². The molecule has 1 atom stereocenters. The molecule has 0 fully saturated rings. The van der Waals surface area contributed by atoms with Crippen molar-refractivity contribution < 1.29 is 18.0 Å². The maximum atomic E-state index is 14.0. The molecule has 2 amide bonds. The number of hydrogen-bond donors (Lipinski definition) is 1. The van der Waals surface area contributed by atoms with Gasteiger partial charge in [-0.05, 0) is 55.2 Å². The molecule has 0 spiro atoms. The van der Waals surface area contributed by atoms with Gasteiger partial charge in [0.15, 0.2) is 0 Å². The second-order valence-electron chi connectivity index (χ2n) is 9.25. The summed E-state index contributed by atoms with van der Waals surface area (Å²) in [6.45, 7) is 5.63. The first-order valence-electron chi connectivity index (χ1n) is 12.4. The molecule has 3 aromatic rings. The lowest BCUT2D eigenvalue weighted by Gasteiger charge is -2.33. The maximum absolute atomic E-state index is 14.0. The number of anilines is 1. The normalized spacial score (nSPS) is 12.0. The Morgan fingerprint density at radius 2 is 1.61 bits per heavy atom. The van der Waals surface area contributed by atoms with E-state index in [4.69, 9.17) is 11.6 Å². The van der Waals surface area contributed by atoms with Crippen LogP contribution in [0.2, 0.25) is 5.02 Å². The number of carbonyl (C=O) groups is 2. The third kappa shape index (κ3) is 7.58. The van der Waals surface area contributed by atoms with Gasteiger partial charge in [-0.15, -0.1) is 0 Å². The van der Waals surface area contributed by atoms with Crippen molar-refractivity contribution in [3.8, 4) is 0 Å². The highest BCUT2D eigenvalue weighted by molar-refractivity contribution is 7.92. The molecular formula is C29H34ClN3O4S. The minimum absolute atomic E-state index is 0.145. The molecule has 0 unspecified atom stereocenters. The molecule has 0 aliphatic rings. The van der Waals surface area contributed by atoms with E-state index in [-0.39, 0.29) is 24.6 Å². The van der Waals surface area contributed by atoms with Crippen LogP contribution in [0.5, 0.6) is 0 Å². The Labute approximate surface area is 230 Å². The van der Waals surface area contributed by atoms with Crippen LogP contribution in [0.15, 0.2) is 72.8 Å². The summed E-state index contributed by atoms with van der Waals surface area (Å²) in [6.07, 6.45) is 1.32. The highest BCUT2D eigenvalue weighted by Crippen LogP contribution is 2.26. The number of carbonyl (C=O) groups excluding carboxylic acids is 2. The van der Waals surface area contributed by atoms with E-state index in [1.807, 2.05) is 75.4 Å². The summed E-state index contributed by atoms with van der Waals surface area (Å²) in [5.41, 5.74) is 3.79. The van der Waals surface area contributed by atoms with Crippen molar-refractivity contribution in [1.29, 1.82) is 0 Å². The van der Waals surface area contributed by atoms with Gasteiger partial charge < -0.3 is 10.2 Å². The van der Waals surface area contributed by atoms with E-state index in [1.165, 1.54) is 11.0 Å². The lowest BCUT2D eigenvalue weighted by Crippen LogP contribution is -2.53. The summed E-state index contributed by atoms with van der Waals surface area (Å²) < 4.78 is 26.7. The molecule has 7 nitrogen and oxygen atoms in total. The van der Waals surface area contributed by atoms with E-state index in [0.717, 1.165) is 32.8 Å². The summed E-state index contributed by atoms with van der Waals surface area (Å²) in [7, 11) is -3.85. The molecule has 0 aliphatic heterocycles. The van der Waals surface area contributed by atoms with Gasteiger partial charge in [-0.25, -0.2) is 8.42 Å². The van der Waals surface area contributed by atoms with Gasteiger partial charge in [0, 0.05) is 24.5 Å². The topological polar surface area (TPSA) is 86.8 Å². The molecule has 1 N–H and O–H groups in total. The predicted molar refractivity (Wildman–Crippen MR) is 153 cm³/mol. The Balaban J connectivity index is 2.06. The molecule has 0 saturated heterocycles. The van der Waals surface area contributed by atoms with Crippen LogP contribution in [0.25, 0.3) is 0 Å². The lowest BCUT2D eigenvalue weighted by atomic mass is 10.0. The first-order valence-corrected chi connectivity index (χ1v) is 14.6. The van der Waals surface area contributed by atoms with E-state index < -0.39 is 28.5 Å². The molecule has 9 heteroatoms. The fourth-order valence-electron chi connectivity index (χ4n) is 4.17. The van der Waals surface area contributed by atoms with Crippen LogP contribution in [-0.4, -0.2) is 50.5 Å². The number of aryl methyl sites for hydroxylation is 2. The molecule has 0 aromatic heterocycles. The van der Waals surface area contributed by atoms with Gasteiger partial charge in [-0.1, -0.05) is 72.3 Å². The fraction of sp³-hybridized carbons (Fsp3) is 0.310. The van der Waals surface area contributed by atoms with Crippen LogP contribution in [0.4, 0.5) is 5.69 Å². The first kappa shape index (κ1) is 29.2. The standard InChI is InChI=1S/C29H34ClN3O4S/c1-5-31-29(35)27(17-23-12-7-6-8-13-23)32(19-24-14-10-9-11-21(24)2)28(34)20-33(38(4,36)37)25-16-15-22(3)26(30)18-25/h6-16,18,27H,5,17,19-20H2,1-4H3,(H,31,35)/t27-/m0/s1. The largest absolute Gasteiger partial charge is 0.355 e. The number of halogens is 1. The zero-order valence-corrected chi connectivity index (χ0v) is 23.7. The lowest BCUT2D eigenvalue weighted by molar-refractivity contribution is -0.140. The Hall–Kier alpha value is -3.36. The third-order valence-corrected chi connectivity index (χ3v) is 7.89. The van der Waals surface area contributed by atoms with Gasteiger partial charge >= 0.3 is 0 Å². The van der Waals surface area contributed by atoms with Crippen molar-refractivity contribution in [1.82, 2.24) is 10.2 Å². The molecule has 0 bridgehead atoms. The van der Waals surface area contributed by atoms with Crippen molar-refractivity contribution >= 4 is 39.1 Å². The van der Waals surface area contributed by atoms with Gasteiger partial charge in [-0.2, -0.15) is 0 Å². The molecule has 0 aliphatic carbocycles. The maximum Gasteiger partial charge on any atom is 0.244 e. The van der Waals surface area contributed by atoms with Gasteiger partial charge in [0.05, 0.1) is 11.9 Å². The fourth-order valence-corrected chi connectivity index (χ4v) is 5.18. The van der Waals surface area contributed by atoms with E-state index in [0.29, 0.717) is 11.6 Å². The highest BCUT2D eigenvalue weighted by atomic mass is 35.5. The molecular weight excluding hydrogens is 522 g/mol. The number of nitrogens with zero attached hydrogens (tertiary/aromatic N) is 2. The smallest absolute Gasteiger partial charge is 0.244 e. The number of hydrogen-bond acceptors (Lipinski definition) is 4. The minimum atomic E-state index is -3.85. The van der Waals surface area contributed by atoms with E-state index in [9.17, 15) is 18.0 Å². The average Bonchev–Trinajstić information content (AvgIpc) is 2.87.